The van der Waals surface area contributed by atoms with Crippen LogP contribution in [-0.2, 0) is 6.54 Å². The predicted molar refractivity (Wildman–Crippen MR) is 91.5 cm³/mol. The molecular formula is C16H16N3O3S-. The van der Waals surface area contributed by atoms with Crippen molar-refractivity contribution in [3.05, 3.63) is 63.2 Å². The highest BCUT2D eigenvalue weighted by molar-refractivity contribution is 7.80. The Kier molecular flexibility index (Phi) is 5.13. The molecule has 2 aromatic carbocycles. The number of non-ortho nitro benzene ring substituents is 1. The Bertz CT molecular complexity index is 762. The Morgan fingerprint density at radius 1 is 1.17 bits per heavy atom. The van der Waals surface area contributed by atoms with E-state index < -0.39 is 4.92 Å². The van der Waals surface area contributed by atoms with Crippen LogP contribution in [0.25, 0.3) is 0 Å². The molecule has 23 heavy (non-hydrogen) atoms. The smallest absolute Gasteiger partial charge is 0.269 e. The van der Waals surface area contributed by atoms with Crippen molar-refractivity contribution in [1.82, 2.24) is 5.32 Å². The van der Waals surface area contributed by atoms with Gasteiger partial charge in [-0.3, -0.25) is 10.1 Å². The molecule has 0 aliphatic carbocycles. The molecule has 120 valence electrons. The second kappa shape index (κ2) is 7.06. The number of benzene rings is 2. The molecule has 0 fully saturated rings. The van der Waals surface area contributed by atoms with Crippen molar-refractivity contribution in [1.29, 1.82) is 0 Å². The number of nitro groups is 1. The molecule has 0 heterocycles. The lowest BCUT2D eigenvalue weighted by Crippen LogP contribution is -2.28. The van der Waals surface area contributed by atoms with Crippen molar-refractivity contribution < 1.29 is 10.0 Å². The standard InChI is InChI=1S/C16H17N3O3S/c1-10-3-4-13(7-11(10)2)18-16(23)17-9-12-8-14(19(21)22)5-6-15(12)20/h3-8,20H,9H2,1-2H3,(H2,17,18,23)/p-1. The second-order valence-electron chi connectivity index (χ2n) is 5.16. The van der Waals surface area contributed by atoms with Crippen LogP contribution in [0.15, 0.2) is 36.4 Å². The first kappa shape index (κ1) is 16.7. The number of thiocarbonyl (C=S) groups is 1. The van der Waals surface area contributed by atoms with Gasteiger partial charge >= 0.3 is 0 Å². The summed E-state index contributed by atoms with van der Waals surface area (Å²) in [6.07, 6.45) is 0. The van der Waals surface area contributed by atoms with Crippen LogP contribution < -0.4 is 15.7 Å². The van der Waals surface area contributed by atoms with Gasteiger partial charge in [-0.15, -0.1) is 5.75 Å². The molecule has 0 aliphatic heterocycles. The molecule has 2 N–H and O–H groups in total. The first-order valence-corrected chi connectivity index (χ1v) is 7.34. The fourth-order valence-electron chi connectivity index (χ4n) is 1.99. The van der Waals surface area contributed by atoms with E-state index in [-0.39, 0.29) is 18.0 Å². The summed E-state index contributed by atoms with van der Waals surface area (Å²) in [6, 6.07) is 9.50. The molecule has 0 radical (unpaired) electrons. The highest BCUT2D eigenvalue weighted by Gasteiger charge is 2.07. The summed E-state index contributed by atoms with van der Waals surface area (Å²) in [5.41, 5.74) is 3.34. The Hall–Kier alpha value is -2.67. The average Bonchev–Trinajstić information content (AvgIpc) is 2.50. The Morgan fingerprint density at radius 2 is 1.91 bits per heavy atom. The molecule has 0 aliphatic rings. The van der Waals surface area contributed by atoms with Crippen molar-refractivity contribution >= 4 is 28.7 Å². The third-order valence-electron chi connectivity index (χ3n) is 3.46. The van der Waals surface area contributed by atoms with Crippen LogP contribution in [0, 0.1) is 24.0 Å². The lowest BCUT2D eigenvalue weighted by Gasteiger charge is -2.16. The summed E-state index contributed by atoms with van der Waals surface area (Å²) in [5, 5.41) is 28.7. The van der Waals surface area contributed by atoms with Gasteiger partial charge in [-0.25, -0.2) is 0 Å². The molecule has 0 aromatic heterocycles. The lowest BCUT2D eigenvalue weighted by atomic mass is 10.1. The predicted octanol–water partition coefficient (Wildman–Crippen LogP) is 2.77. The first-order chi connectivity index (χ1) is 10.9. The second-order valence-corrected chi connectivity index (χ2v) is 5.56. The summed E-state index contributed by atoms with van der Waals surface area (Å²) >= 11 is 5.18. The van der Waals surface area contributed by atoms with Gasteiger partial charge in [0, 0.05) is 24.4 Å². The first-order valence-electron chi connectivity index (χ1n) is 6.93. The van der Waals surface area contributed by atoms with Crippen LogP contribution in [0.2, 0.25) is 0 Å². The number of rotatable bonds is 4. The van der Waals surface area contributed by atoms with Crippen LogP contribution in [0.3, 0.4) is 0 Å². The average molecular weight is 330 g/mol. The highest BCUT2D eigenvalue weighted by Crippen LogP contribution is 2.20. The minimum Gasteiger partial charge on any atom is -0.872 e. The van der Waals surface area contributed by atoms with Crippen molar-refractivity contribution in [3.63, 3.8) is 0 Å². The third-order valence-corrected chi connectivity index (χ3v) is 3.71. The Labute approximate surface area is 139 Å². The molecule has 0 saturated heterocycles. The quantitative estimate of drug-likeness (QED) is 0.509. The van der Waals surface area contributed by atoms with Crippen molar-refractivity contribution in [2.24, 2.45) is 0 Å². The third kappa shape index (κ3) is 4.40. The molecule has 0 atom stereocenters. The number of nitrogens with zero attached hydrogens (tertiary/aromatic N) is 1. The minimum absolute atomic E-state index is 0.116. The molecule has 0 spiro atoms. The largest absolute Gasteiger partial charge is 0.872 e. The van der Waals surface area contributed by atoms with Gasteiger partial charge in [-0.1, -0.05) is 12.1 Å². The van der Waals surface area contributed by atoms with E-state index in [9.17, 15) is 15.2 Å². The van der Waals surface area contributed by atoms with E-state index in [0.29, 0.717) is 10.7 Å². The summed E-state index contributed by atoms with van der Waals surface area (Å²) in [5.74, 6) is -0.267. The van der Waals surface area contributed by atoms with E-state index in [1.165, 1.54) is 23.8 Å². The Balaban J connectivity index is 2.00. The van der Waals surface area contributed by atoms with E-state index in [0.717, 1.165) is 11.3 Å². The fraction of sp³-hybridized carbons (Fsp3) is 0.188. The maximum absolute atomic E-state index is 11.7. The van der Waals surface area contributed by atoms with Crippen LogP contribution in [0.4, 0.5) is 11.4 Å². The van der Waals surface area contributed by atoms with Gasteiger partial charge in [0.2, 0.25) is 0 Å². The summed E-state index contributed by atoms with van der Waals surface area (Å²) in [4.78, 5) is 10.2. The zero-order chi connectivity index (χ0) is 17.0. The van der Waals surface area contributed by atoms with Gasteiger partial charge in [-0.05, 0) is 54.9 Å². The molecule has 0 unspecified atom stereocenters. The molecule has 6 nitrogen and oxygen atoms in total. The van der Waals surface area contributed by atoms with E-state index in [1.54, 1.807) is 0 Å². The molecule has 0 saturated carbocycles. The summed E-state index contributed by atoms with van der Waals surface area (Å²) in [6.45, 7) is 4.15. The molecule has 2 aromatic rings. The lowest BCUT2D eigenvalue weighted by molar-refractivity contribution is -0.385. The zero-order valence-corrected chi connectivity index (χ0v) is 13.6. The van der Waals surface area contributed by atoms with Gasteiger partial charge < -0.3 is 15.7 Å². The number of anilines is 1. The minimum atomic E-state index is -0.533. The molecule has 0 amide bonds. The number of hydrogen-bond donors (Lipinski definition) is 2. The number of nitrogens with one attached hydrogen (secondary N) is 2. The van der Waals surface area contributed by atoms with Crippen LogP contribution in [0.1, 0.15) is 16.7 Å². The van der Waals surface area contributed by atoms with E-state index in [1.807, 2.05) is 32.0 Å². The van der Waals surface area contributed by atoms with Crippen molar-refractivity contribution in [2.45, 2.75) is 20.4 Å². The molecule has 7 heteroatoms. The number of nitro benzene ring substituents is 1. The van der Waals surface area contributed by atoms with Crippen molar-refractivity contribution in [3.8, 4) is 5.75 Å². The number of aryl methyl sites for hydroxylation is 2. The summed E-state index contributed by atoms with van der Waals surface area (Å²) in [7, 11) is 0. The van der Waals surface area contributed by atoms with E-state index >= 15 is 0 Å². The van der Waals surface area contributed by atoms with Crippen LogP contribution in [0.5, 0.6) is 5.75 Å². The molecule has 2 rings (SSSR count). The maximum Gasteiger partial charge on any atom is 0.269 e. The zero-order valence-electron chi connectivity index (χ0n) is 12.8. The topological polar surface area (TPSA) is 90.3 Å². The van der Waals surface area contributed by atoms with Crippen LogP contribution >= 0.6 is 12.2 Å². The van der Waals surface area contributed by atoms with E-state index in [2.05, 4.69) is 10.6 Å². The van der Waals surface area contributed by atoms with Gasteiger partial charge in [0.05, 0.1) is 4.92 Å². The van der Waals surface area contributed by atoms with Crippen molar-refractivity contribution in [2.75, 3.05) is 5.32 Å². The molecular weight excluding hydrogens is 314 g/mol. The SMILES string of the molecule is Cc1ccc(NC(=S)NCc2cc([N+](=O)[O-])ccc2[O-])cc1C. The van der Waals surface area contributed by atoms with Gasteiger partial charge in [0.1, 0.15) is 0 Å². The maximum atomic E-state index is 11.7. The van der Waals surface area contributed by atoms with Gasteiger partial charge in [0.25, 0.3) is 5.69 Å². The summed E-state index contributed by atoms with van der Waals surface area (Å²) < 4.78 is 0. The monoisotopic (exact) mass is 330 g/mol. The fourth-order valence-corrected chi connectivity index (χ4v) is 2.18. The van der Waals surface area contributed by atoms with Crippen LogP contribution in [-0.4, -0.2) is 10.0 Å². The Morgan fingerprint density at radius 3 is 2.57 bits per heavy atom. The highest BCUT2D eigenvalue weighted by atomic mass is 32.1. The number of hydrogen-bond acceptors (Lipinski definition) is 4. The normalized spacial score (nSPS) is 10.2. The van der Waals surface area contributed by atoms with Gasteiger partial charge in [-0.2, -0.15) is 0 Å². The van der Waals surface area contributed by atoms with E-state index in [4.69, 9.17) is 12.2 Å². The van der Waals surface area contributed by atoms with Gasteiger partial charge in [0.15, 0.2) is 5.11 Å². The molecule has 0 bridgehead atoms.